The number of imide groups is 1. The lowest BCUT2D eigenvalue weighted by Crippen LogP contribution is -2.98. The van der Waals surface area contributed by atoms with Gasteiger partial charge in [0, 0.05) is 16.1 Å². The highest BCUT2D eigenvalue weighted by Crippen LogP contribution is 2.49. The van der Waals surface area contributed by atoms with Crippen molar-refractivity contribution in [3.8, 4) is 0 Å². The summed E-state index contributed by atoms with van der Waals surface area (Å²) in [5, 5.41) is 4.83. The second kappa shape index (κ2) is 5.38. The molecule has 0 unspecified atom stereocenters. The molecule has 1 aromatic rings. The maximum absolute atomic E-state index is 13.2. The highest BCUT2D eigenvalue weighted by Gasteiger charge is 2.73. The molecule has 2 saturated heterocycles. The van der Waals surface area contributed by atoms with Crippen molar-refractivity contribution in [3.63, 3.8) is 0 Å². The topological polar surface area (TPSA) is 83.1 Å². The molecule has 2 fully saturated rings. The Morgan fingerprint density at radius 3 is 2.72 bits per heavy atom. The van der Waals surface area contributed by atoms with Gasteiger partial charge < -0.3 is 10.6 Å². The number of benzene rings is 1. The Bertz CT molecular complexity index is 811. The zero-order valence-electron chi connectivity index (χ0n) is 14.4. The molecular weight excluding hydrogens is 386 g/mol. The molecule has 5 atom stereocenters. The van der Waals surface area contributed by atoms with Crippen LogP contribution in [0.1, 0.15) is 32.8 Å². The molecule has 4 rings (SSSR count). The van der Waals surface area contributed by atoms with Crippen molar-refractivity contribution in [2.24, 2.45) is 11.8 Å². The zero-order chi connectivity index (χ0) is 18.1. The summed E-state index contributed by atoms with van der Waals surface area (Å²) in [6.45, 7) is 5.78. The Labute approximate surface area is 154 Å². The molecule has 3 N–H and O–H groups in total. The van der Waals surface area contributed by atoms with Gasteiger partial charge in [-0.25, -0.2) is 0 Å². The molecule has 7 heteroatoms. The standard InChI is InChI=1S/C18H20BrN3O3/c1-4-8(2)22-15(23)13-9(3)21-18(14(13)16(22)24)11-7-10(19)5-6-12(11)20-17(18)25/h5-9,13-14,21H,4H2,1-3H3,(H,20,25)/p+1/t8-,9+,13-,14+,18-/m1/s1. The summed E-state index contributed by atoms with van der Waals surface area (Å²) in [5.41, 5.74) is 0.455. The van der Waals surface area contributed by atoms with Gasteiger partial charge in [0.15, 0.2) is 0 Å². The number of quaternary nitrogens is 1. The van der Waals surface area contributed by atoms with Crippen LogP contribution in [-0.4, -0.2) is 34.7 Å². The summed E-state index contributed by atoms with van der Waals surface area (Å²) in [4.78, 5) is 40.6. The summed E-state index contributed by atoms with van der Waals surface area (Å²) in [6.07, 6.45) is 0.705. The van der Waals surface area contributed by atoms with Crippen LogP contribution in [0.2, 0.25) is 0 Å². The number of hydrogen-bond donors (Lipinski definition) is 2. The van der Waals surface area contributed by atoms with E-state index in [1.165, 1.54) is 4.90 Å². The van der Waals surface area contributed by atoms with Gasteiger partial charge in [-0.15, -0.1) is 0 Å². The zero-order valence-corrected chi connectivity index (χ0v) is 16.0. The molecule has 6 nitrogen and oxygen atoms in total. The average Bonchev–Trinajstić information content (AvgIpc) is 3.12. The highest BCUT2D eigenvalue weighted by molar-refractivity contribution is 9.10. The fourth-order valence-electron chi connectivity index (χ4n) is 4.75. The number of carbonyl (C=O) groups is 3. The van der Waals surface area contributed by atoms with Gasteiger partial charge in [-0.05, 0) is 38.5 Å². The van der Waals surface area contributed by atoms with E-state index in [0.29, 0.717) is 6.42 Å². The van der Waals surface area contributed by atoms with Crippen LogP contribution in [0.4, 0.5) is 5.69 Å². The predicted molar refractivity (Wildman–Crippen MR) is 94.4 cm³/mol. The van der Waals surface area contributed by atoms with Gasteiger partial charge in [0.2, 0.25) is 17.4 Å². The van der Waals surface area contributed by atoms with Crippen molar-refractivity contribution in [2.75, 3.05) is 5.32 Å². The summed E-state index contributed by atoms with van der Waals surface area (Å²) in [5.74, 6) is -1.67. The number of carbonyl (C=O) groups excluding carboxylic acids is 3. The molecular formula is C18H21BrN3O3+. The molecule has 0 aliphatic carbocycles. The largest absolute Gasteiger partial charge is 0.326 e. The third-order valence-electron chi connectivity index (χ3n) is 6.05. The van der Waals surface area contributed by atoms with Gasteiger partial charge in [0.05, 0.1) is 11.7 Å². The molecule has 3 heterocycles. The number of anilines is 1. The Morgan fingerprint density at radius 1 is 1.32 bits per heavy atom. The first-order valence-corrected chi connectivity index (χ1v) is 9.46. The number of nitrogens with two attached hydrogens (primary N) is 1. The van der Waals surface area contributed by atoms with E-state index in [9.17, 15) is 14.4 Å². The van der Waals surface area contributed by atoms with Crippen LogP contribution in [0.15, 0.2) is 22.7 Å². The van der Waals surface area contributed by atoms with Gasteiger partial charge in [0.25, 0.3) is 5.91 Å². The molecule has 1 spiro atoms. The Morgan fingerprint density at radius 2 is 2.04 bits per heavy atom. The van der Waals surface area contributed by atoms with Crippen LogP contribution in [0.5, 0.6) is 0 Å². The molecule has 0 radical (unpaired) electrons. The molecule has 0 aromatic heterocycles. The minimum absolute atomic E-state index is 0.133. The number of nitrogens with zero attached hydrogens (tertiary/aromatic N) is 1. The third kappa shape index (κ3) is 1.96. The first-order valence-electron chi connectivity index (χ1n) is 8.67. The van der Waals surface area contributed by atoms with Gasteiger partial charge >= 0.3 is 0 Å². The normalized spacial score (nSPS) is 34.5. The monoisotopic (exact) mass is 406 g/mol. The smallest absolute Gasteiger partial charge is 0.291 e. The van der Waals surface area contributed by atoms with Crippen molar-refractivity contribution >= 4 is 39.3 Å². The van der Waals surface area contributed by atoms with E-state index < -0.39 is 17.4 Å². The van der Waals surface area contributed by atoms with Crippen LogP contribution in [0, 0.1) is 11.8 Å². The predicted octanol–water partition coefficient (Wildman–Crippen LogP) is 0.962. The maximum Gasteiger partial charge on any atom is 0.291 e. The first kappa shape index (κ1) is 16.7. The fraction of sp³-hybridized carbons (Fsp3) is 0.500. The summed E-state index contributed by atoms with van der Waals surface area (Å²) >= 11 is 3.46. The van der Waals surface area contributed by atoms with E-state index in [4.69, 9.17) is 0 Å². The minimum Gasteiger partial charge on any atom is -0.326 e. The van der Waals surface area contributed by atoms with E-state index >= 15 is 0 Å². The van der Waals surface area contributed by atoms with E-state index in [1.807, 2.05) is 44.3 Å². The number of nitrogens with one attached hydrogen (secondary N) is 1. The van der Waals surface area contributed by atoms with Gasteiger partial charge in [-0.1, -0.05) is 22.9 Å². The second-order valence-electron chi connectivity index (χ2n) is 7.35. The van der Waals surface area contributed by atoms with Crippen LogP contribution >= 0.6 is 15.9 Å². The first-order chi connectivity index (χ1) is 11.8. The SMILES string of the molecule is CC[C@@H](C)N1C(=O)[C@@H]2[C@H](C)[NH2+][C@@]3(C(=O)Nc4ccc(Br)cc43)[C@@H]2C1=O. The van der Waals surface area contributed by atoms with Gasteiger partial charge in [-0.2, -0.15) is 0 Å². The highest BCUT2D eigenvalue weighted by atomic mass is 79.9. The molecule has 3 aliphatic rings. The molecule has 132 valence electrons. The molecule has 0 saturated carbocycles. The Kier molecular flexibility index (Phi) is 3.60. The van der Waals surface area contributed by atoms with Crippen molar-refractivity contribution < 1.29 is 19.7 Å². The van der Waals surface area contributed by atoms with Gasteiger partial charge in [0.1, 0.15) is 11.8 Å². The van der Waals surface area contributed by atoms with Crippen LogP contribution in [0.25, 0.3) is 0 Å². The Balaban J connectivity index is 1.89. The second-order valence-corrected chi connectivity index (χ2v) is 8.26. The minimum atomic E-state index is -1.06. The maximum atomic E-state index is 13.2. The summed E-state index contributed by atoms with van der Waals surface area (Å²) in [6, 6.07) is 5.31. The summed E-state index contributed by atoms with van der Waals surface area (Å²) in [7, 11) is 0. The van der Waals surface area contributed by atoms with E-state index in [1.54, 1.807) is 0 Å². The number of halogens is 1. The number of fused-ring (bicyclic) bond motifs is 4. The quantitative estimate of drug-likeness (QED) is 0.717. The van der Waals surface area contributed by atoms with E-state index in [2.05, 4.69) is 21.2 Å². The van der Waals surface area contributed by atoms with Gasteiger partial charge in [-0.3, -0.25) is 19.3 Å². The van der Waals surface area contributed by atoms with Crippen molar-refractivity contribution in [2.45, 2.75) is 44.8 Å². The Hall–Kier alpha value is -1.73. The number of likely N-dealkylation sites (tertiary alicyclic amines) is 1. The number of rotatable bonds is 2. The molecule has 3 aliphatic heterocycles. The molecule has 0 bridgehead atoms. The van der Waals surface area contributed by atoms with Crippen LogP contribution < -0.4 is 10.6 Å². The van der Waals surface area contributed by atoms with E-state index in [-0.39, 0.29) is 29.8 Å². The lowest BCUT2D eigenvalue weighted by Gasteiger charge is -2.28. The van der Waals surface area contributed by atoms with Crippen molar-refractivity contribution in [1.82, 2.24) is 4.90 Å². The third-order valence-corrected chi connectivity index (χ3v) is 6.54. The lowest BCUT2D eigenvalue weighted by molar-refractivity contribution is -0.730. The lowest BCUT2D eigenvalue weighted by atomic mass is 9.76. The molecule has 3 amide bonds. The number of hydrogen-bond acceptors (Lipinski definition) is 3. The average molecular weight is 407 g/mol. The fourth-order valence-corrected chi connectivity index (χ4v) is 5.11. The molecule has 25 heavy (non-hydrogen) atoms. The van der Waals surface area contributed by atoms with Crippen molar-refractivity contribution in [3.05, 3.63) is 28.2 Å². The number of amides is 3. The van der Waals surface area contributed by atoms with E-state index in [0.717, 1.165) is 15.7 Å². The summed E-state index contributed by atoms with van der Waals surface area (Å²) < 4.78 is 0.849. The molecule has 1 aromatic carbocycles. The van der Waals surface area contributed by atoms with Crippen molar-refractivity contribution in [1.29, 1.82) is 0 Å². The van der Waals surface area contributed by atoms with Crippen LogP contribution in [0.3, 0.4) is 0 Å². The van der Waals surface area contributed by atoms with Crippen LogP contribution in [-0.2, 0) is 19.9 Å².